The largest absolute Gasteiger partial charge is 0.384 e. The van der Waals surface area contributed by atoms with Crippen LogP contribution in [-0.2, 0) is 0 Å². The molecule has 4 N–H and O–H groups in total. The lowest BCUT2D eigenvalue weighted by Gasteiger charge is -2.34. The average molecular weight is 282 g/mol. The summed E-state index contributed by atoms with van der Waals surface area (Å²) in [4.78, 5) is 11.4. The van der Waals surface area contributed by atoms with Gasteiger partial charge in [-0.15, -0.1) is 0 Å². The van der Waals surface area contributed by atoms with E-state index in [2.05, 4.69) is 17.6 Å². The van der Waals surface area contributed by atoms with E-state index in [1.54, 1.807) is 12.1 Å². The molecule has 0 aromatic heterocycles. The minimum absolute atomic E-state index is 0.250. The van der Waals surface area contributed by atoms with Crippen molar-refractivity contribution >= 4 is 23.2 Å². The molecular formula is C14H20ClN3O. The van der Waals surface area contributed by atoms with Crippen LogP contribution in [0.2, 0.25) is 5.02 Å². The lowest BCUT2D eigenvalue weighted by atomic mass is 9.81. The van der Waals surface area contributed by atoms with E-state index in [9.17, 15) is 4.79 Å². The van der Waals surface area contributed by atoms with Gasteiger partial charge in [-0.1, -0.05) is 18.5 Å². The number of primary amides is 1. The maximum Gasteiger partial charge on any atom is 0.250 e. The Bertz CT molecular complexity index is 470. The summed E-state index contributed by atoms with van der Waals surface area (Å²) in [6, 6.07) is 5.19. The van der Waals surface area contributed by atoms with Crippen LogP contribution in [0.1, 0.15) is 30.1 Å². The highest BCUT2D eigenvalue weighted by molar-refractivity contribution is 6.31. The predicted octanol–water partition coefficient (Wildman–Crippen LogP) is 2.24. The zero-order valence-electron chi connectivity index (χ0n) is 11.1. The number of piperidine rings is 1. The summed E-state index contributed by atoms with van der Waals surface area (Å²) in [5.74, 6) is -0.458. The number of nitrogens with one attached hydrogen (secondary N) is 2. The normalized spacial score (nSPS) is 18.0. The summed E-state index contributed by atoms with van der Waals surface area (Å²) >= 11 is 5.89. The van der Waals surface area contributed by atoms with Gasteiger partial charge in [0.1, 0.15) is 0 Å². The number of rotatable bonds is 4. The molecule has 1 aromatic carbocycles. The van der Waals surface area contributed by atoms with Gasteiger partial charge in [0.15, 0.2) is 0 Å². The zero-order chi connectivity index (χ0) is 13.9. The second kappa shape index (κ2) is 5.80. The number of hydrogen-bond acceptors (Lipinski definition) is 3. The maximum atomic E-state index is 11.4. The third-order valence-electron chi connectivity index (χ3n) is 3.76. The SMILES string of the molecule is CC1(CNc2ccc(Cl)cc2C(N)=O)CCNCC1. The Morgan fingerprint density at radius 1 is 1.47 bits per heavy atom. The quantitative estimate of drug-likeness (QED) is 0.793. The van der Waals surface area contributed by atoms with Crippen LogP contribution in [0.5, 0.6) is 0 Å². The van der Waals surface area contributed by atoms with Gasteiger partial charge in [-0.25, -0.2) is 0 Å². The number of carbonyl (C=O) groups excluding carboxylic acids is 1. The van der Waals surface area contributed by atoms with E-state index in [1.807, 2.05) is 6.07 Å². The van der Waals surface area contributed by atoms with Crippen LogP contribution in [0.4, 0.5) is 5.69 Å². The molecule has 1 aromatic rings. The van der Waals surface area contributed by atoms with Gasteiger partial charge in [0.2, 0.25) is 0 Å². The third-order valence-corrected chi connectivity index (χ3v) is 4.00. The highest BCUT2D eigenvalue weighted by Gasteiger charge is 2.26. The van der Waals surface area contributed by atoms with Gasteiger partial charge in [-0.3, -0.25) is 4.79 Å². The molecule has 0 radical (unpaired) electrons. The van der Waals surface area contributed by atoms with Gasteiger partial charge in [0, 0.05) is 17.3 Å². The first-order chi connectivity index (χ1) is 9.00. The Morgan fingerprint density at radius 3 is 2.79 bits per heavy atom. The minimum Gasteiger partial charge on any atom is -0.384 e. The van der Waals surface area contributed by atoms with Gasteiger partial charge < -0.3 is 16.4 Å². The maximum absolute atomic E-state index is 11.4. The molecule has 1 aliphatic heterocycles. The minimum atomic E-state index is -0.458. The van der Waals surface area contributed by atoms with Crippen LogP contribution in [0.3, 0.4) is 0 Å². The van der Waals surface area contributed by atoms with Crippen LogP contribution in [0.25, 0.3) is 0 Å². The number of amides is 1. The number of benzene rings is 1. The monoisotopic (exact) mass is 281 g/mol. The second-order valence-corrected chi connectivity index (χ2v) is 5.90. The lowest BCUT2D eigenvalue weighted by Crippen LogP contribution is -2.39. The highest BCUT2D eigenvalue weighted by atomic mass is 35.5. The summed E-state index contributed by atoms with van der Waals surface area (Å²) < 4.78 is 0. The number of halogens is 1. The molecule has 104 valence electrons. The lowest BCUT2D eigenvalue weighted by molar-refractivity contribution is 0.100. The second-order valence-electron chi connectivity index (χ2n) is 5.47. The number of anilines is 1. The van der Waals surface area contributed by atoms with Gasteiger partial charge >= 0.3 is 0 Å². The van der Waals surface area contributed by atoms with Crippen molar-refractivity contribution in [3.05, 3.63) is 28.8 Å². The fourth-order valence-corrected chi connectivity index (χ4v) is 2.56. The standard InChI is InChI=1S/C14H20ClN3O/c1-14(4-6-17-7-5-14)9-18-12-3-2-10(15)8-11(12)13(16)19/h2-3,8,17-18H,4-7,9H2,1H3,(H2,16,19). The molecule has 1 aliphatic rings. The van der Waals surface area contributed by atoms with E-state index in [1.165, 1.54) is 0 Å². The van der Waals surface area contributed by atoms with Crippen LogP contribution in [0.15, 0.2) is 18.2 Å². The molecule has 1 fully saturated rings. The first-order valence-electron chi connectivity index (χ1n) is 6.54. The van der Waals surface area contributed by atoms with Crippen molar-refractivity contribution in [2.24, 2.45) is 11.1 Å². The van der Waals surface area contributed by atoms with Crippen molar-refractivity contribution in [2.45, 2.75) is 19.8 Å². The molecule has 0 saturated carbocycles. The zero-order valence-corrected chi connectivity index (χ0v) is 11.9. The summed E-state index contributed by atoms with van der Waals surface area (Å²) in [5, 5.41) is 7.22. The fourth-order valence-electron chi connectivity index (χ4n) is 2.39. The van der Waals surface area contributed by atoms with E-state index in [0.29, 0.717) is 10.6 Å². The Balaban J connectivity index is 2.08. The molecule has 5 heteroatoms. The Labute approximate surface area is 118 Å². The van der Waals surface area contributed by atoms with E-state index in [4.69, 9.17) is 17.3 Å². The molecule has 19 heavy (non-hydrogen) atoms. The molecule has 1 heterocycles. The topological polar surface area (TPSA) is 67.1 Å². The Morgan fingerprint density at radius 2 is 2.16 bits per heavy atom. The van der Waals surface area contributed by atoms with E-state index < -0.39 is 5.91 Å². The molecule has 1 saturated heterocycles. The Kier molecular flexibility index (Phi) is 4.32. The summed E-state index contributed by atoms with van der Waals surface area (Å²) in [5.41, 5.74) is 6.84. The number of hydrogen-bond donors (Lipinski definition) is 3. The summed E-state index contributed by atoms with van der Waals surface area (Å²) in [6.07, 6.45) is 2.25. The van der Waals surface area contributed by atoms with Crippen molar-refractivity contribution in [3.63, 3.8) is 0 Å². The van der Waals surface area contributed by atoms with Crippen molar-refractivity contribution in [2.75, 3.05) is 25.0 Å². The van der Waals surface area contributed by atoms with Crippen LogP contribution >= 0.6 is 11.6 Å². The summed E-state index contributed by atoms with van der Waals surface area (Å²) in [6.45, 7) is 5.18. The van der Waals surface area contributed by atoms with Crippen molar-refractivity contribution < 1.29 is 4.79 Å². The van der Waals surface area contributed by atoms with Crippen molar-refractivity contribution in [1.29, 1.82) is 0 Å². The van der Waals surface area contributed by atoms with Gasteiger partial charge in [0.05, 0.1) is 5.56 Å². The van der Waals surface area contributed by atoms with E-state index in [0.717, 1.165) is 38.2 Å². The van der Waals surface area contributed by atoms with E-state index in [-0.39, 0.29) is 5.41 Å². The molecule has 2 rings (SSSR count). The van der Waals surface area contributed by atoms with Crippen molar-refractivity contribution in [3.8, 4) is 0 Å². The van der Waals surface area contributed by atoms with Gasteiger partial charge in [-0.05, 0) is 49.5 Å². The molecule has 0 unspecified atom stereocenters. The molecule has 0 aliphatic carbocycles. The molecule has 0 bridgehead atoms. The fraction of sp³-hybridized carbons (Fsp3) is 0.500. The molecule has 1 amide bonds. The Hall–Kier alpha value is -1.26. The van der Waals surface area contributed by atoms with Crippen LogP contribution in [0, 0.1) is 5.41 Å². The molecule has 4 nitrogen and oxygen atoms in total. The molecule has 0 atom stereocenters. The smallest absolute Gasteiger partial charge is 0.250 e. The first-order valence-corrected chi connectivity index (χ1v) is 6.92. The molecular weight excluding hydrogens is 262 g/mol. The van der Waals surface area contributed by atoms with Gasteiger partial charge in [-0.2, -0.15) is 0 Å². The number of carbonyl (C=O) groups is 1. The van der Waals surface area contributed by atoms with E-state index >= 15 is 0 Å². The van der Waals surface area contributed by atoms with Crippen LogP contribution < -0.4 is 16.4 Å². The summed E-state index contributed by atoms with van der Waals surface area (Å²) in [7, 11) is 0. The predicted molar refractivity (Wildman–Crippen MR) is 78.7 cm³/mol. The van der Waals surface area contributed by atoms with Crippen LogP contribution in [-0.4, -0.2) is 25.5 Å². The van der Waals surface area contributed by atoms with Gasteiger partial charge in [0.25, 0.3) is 5.91 Å². The first kappa shape index (κ1) is 14.2. The van der Waals surface area contributed by atoms with Crippen molar-refractivity contribution in [1.82, 2.24) is 5.32 Å². The third kappa shape index (κ3) is 3.61. The average Bonchev–Trinajstić information content (AvgIpc) is 2.38. The highest BCUT2D eigenvalue weighted by Crippen LogP contribution is 2.29. The number of nitrogens with two attached hydrogens (primary N) is 1. The molecule has 0 spiro atoms.